The number of nitrogens with zero attached hydrogens (tertiary/aromatic N) is 4. The third-order valence-electron chi connectivity index (χ3n) is 24.3. The van der Waals surface area contributed by atoms with E-state index < -0.39 is 18.3 Å². The van der Waals surface area contributed by atoms with Crippen LogP contribution in [0.15, 0.2) is 219 Å². The van der Waals surface area contributed by atoms with Crippen molar-refractivity contribution in [2.24, 2.45) is 0 Å². The lowest BCUT2D eigenvalue weighted by Gasteiger charge is -2.32. The average molecular weight is 1650 g/mol. The molecular formula is C112H136BClN4O4. The minimum absolute atomic E-state index is 0.00623. The monoisotopic (exact) mass is 1650 g/mol. The SMILES string of the molecule is CC(C)c1cc(C(C)(C)C)cc(C(C)C)c1-c1ccnc(Cl)c1.COc1ccccc1-c1cc(-c2cc(C(C)(C)C)cc(C(C)(C)C)c2)cc(-c2cccc(-c3cc(-c4c(C(C)C)cc(C(C)(C)C)cc4C(C)C)ccn3)c2)n1.COc1ccccc1-c1cc(-c2cc(C(C)(C)C)cc(C(C)(C)C)c2)cc(-c2cccc(B3OC(C)(C)C(C)(C)O3)c2)n1. The number of rotatable bonds is 16. The van der Waals surface area contributed by atoms with Gasteiger partial charge in [0.2, 0.25) is 0 Å². The zero-order chi connectivity index (χ0) is 89.5. The Labute approximate surface area is 739 Å². The van der Waals surface area contributed by atoms with Gasteiger partial charge in [0.25, 0.3) is 0 Å². The Balaban J connectivity index is 0.000000194. The number of halogens is 1. The van der Waals surface area contributed by atoms with Crippen LogP contribution in [0.25, 0.3) is 101 Å². The second-order valence-corrected chi connectivity index (χ2v) is 42.4. The lowest BCUT2D eigenvalue weighted by Crippen LogP contribution is -2.41. The Bertz CT molecular complexity index is 5600. The lowest BCUT2D eigenvalue weighted by atomic mass is 9.78. The highest BCUT2D eigenvalue weighted by molar-refractivity contribution is 6.62. The summed E-state index contributed by atoms with van der Waals surface area (Å²) in [7, 11) is 2.99. The van der Waals surface area contributed by atoms with Crippen LogP contribution in [0.1, 0.15) is 287 Å². The molecule has 638 valence electrons. The first-order chi connectivity index (χ1) is 56.8. The largest absolute Gasteiger partial charge is 0.496 e. The molecule has 1 fully saturated rings. The van der Waals surface area contributed by atoms with Crippen LogP contribution < -0.4 is 14.9 Å². The van der Waals surface area contributed by atoms with Gasteiger partial charge in [0.1, 0.15) is 16.7 Å². The van der Waals surface area contributed by atoms with Crippen molar-refractivity contribution in [1.29, 1.82) is 0 Å². The Hall–Kier alpha value is -9.77. The van der Waals surface area contributed by atoms with Gasteiger partial charge in [-0.15, -0.1) is 0 Å². The van der Waals surface area contributed by atoms with Crippen LogP contribution in [0.5, 0.6) is 11.5 Å². The fourth-order valence-electron chi connectivity index (χ4n) is 15.7. The first kappa shape index (κ1) is 92.9. The molecule has 5 heterocycles. The van der Waals surface area contributed by atoms with Crippen molar-refractivity contribution < 1.29 is 18.8 Å². The van der Waals surface area contributed by atoms with Gasteiger partial charge in [-0.25, -0.2) is 15.0 Å². The van der Waals surface area contributed by atoms with Crippen molar-refractivity contribution in [1.82, 2.24) is 19.9 Å². The van der Waals surface area contributed by atoms with Crippen molar-refractivity contribution in [3.63, 3.8) is 0 Å². The van der Waals surface area contributed by atoms with Crippen molar-refractivity contribution in [3.05, 3.63) is 279 Å². The van der Waals surface area contributed by atoms with Gasteiger partial charge >= 0.3 is 7.12 Å². The summed E-state index contributed by atoms with van der Waals surface area (Å²) in [5.41, 5.74) is 33.1. The third-order valence-corrected chi connectivity index (χ3v) is 24.5. The first-order valence-electron chi connectivity index (χ1n) is 44.0. The number of benzene rings is 8. The maximum Gasteiger partial charge on any atom is 0.494 e. The fraction of sp³-hybridized carbons (Fsp3) is 0.393. The molecule has 0 saturated carbocycles. The molecule has 1 aliphatic rings. The van der Waals surface area contributed by atoms with Crippen LogP contribution in [0.3, 0.4) is 0 Å². The second-order valence-electron chi connectivity index (χ2n) is 42.0. The van der Waals surface area contributed by atoms with Gasteiger partial charge in [0.05, 0.1) is 53.9 Å². The summed E-state index contributed by atoms with van der Waals surface area (Å²) in [6.45, 7) is 67.8. The van der Waals surface area contributed by atoms with Crippen LogP contribution in [0.4, 0.5) is 0 Å². The molecule has 0 bridgehead atoms. The van der Waals surface area contributed by atoms with Crippen LogP contribution in [-0.2, 0) is 41.8 Å². The molecule has 10 heteroatoms. The first-order valence-corrected chi connectivity index (χ1v) is 44.4. The van der Waals surface area contributed by atoms with Gasteiger partial charge in [-0.2, -0.15) is 0 Å². The summed E-state index contributed by atoms with van der Waals surface area (Å²) in [6.07, 6.45) is 3.76. The molecule has 0 unspecified atom stereocenters. The Morgan fingerprint density at radius 1 is 0.303 bits per heavy atom. The van der Waals surface area contributed by atoms with Gasteiger partial charge < -0.3 is 18.8 Å². The fourth-order valence-corrected chi connectivity index (χ4v) is 15.9. The van der Waals surface area contributed by atoms with E-state index in [2.05, 4.69) is 383 Å². The summed E-state index contributed by atoms with van der Waals surface area (Å²) >= 11 is 6.15. The molecule has 4 aromatic heterocycles. The molecule has 0 atom stereocenters. The van der Waals surface area contributed by atoms with Crippen LogP contribution in [0.2, 0.25) is 5.15 Å². The Morgan fingerprint density at radius 3 is 0.959 bits per heavy atom. The van der Waals surface area contributed by atoms with E-state index in [-0.39, 0.29) is 32.5 Å². The van der Waals surface area contributed by atoms with Crippen LogP contribution in [0, 0.1) is 0 Å². The predicted octanol–water partition coefficient (Wildman–Crippen LogP) is 30.9. The summed E-state index contributed by atoms with van der Waals surface area (Å²) in [6, 6.07) is 74.4. The minimum atomic E-state index is -0.445. The molecule has 12 aromatic rings. The molecule has 1 aliphatic heterocycles. The molecule has 0 radical (unpaired) electrons. The number of methoxy groups -OCH3 is 2. The maximum atomic E-state index is 6.39. The maximum absolute atomic E-state index is 6.39. The van der Waals surface area contributed by atoms with Gasteiger partial charge in [-0.3, -0.25) is 4.98 Å². The topological polar surface area (TPSA) is 88.5 Å². The highest BCUT2D eigenvalue weighted by Crippen LogP contribution is 2.47. The average Bonchev–Trinajstić information content (AvgIpc) is 1.69. The van der Waals surface area contributed by atoms with Gasteiger partial charge in [0, 0.05) is 34.6 Å². The van der Waals surface area contributed by atoms with E-state index in [1.165, 1.54) is 83.5 Å². The molecule has 8 nitrogen and oxygen atoms in total. The smallest absolute Gasteiger partial charge is 0.494 e. The van der Waals surface area contributed by atoms with E-state index in [0.29, 0.717) is 28.8 Å². The number of pyridine rings is 4. The number of hydrogen-bond donors (Lipinski definition) is 0. The summed E-state index contributed by atoms with van der Waals surface area (Å²) < 4.78 is 24.4. The lowest BCUT2D eigenvalue weighted by molar-refractivity contribution is 0.00578. The Morgan fingerprint density at radius 2 is 0.607 bits per heavy atom. The molecule has 122 heavy (non-hydrogen) atoms. The number of para-hydroxylation sites is 2. The molecule has 8 aromatic carbocycles. The van der Waals surface area contributed by atoms with E-state index in [4.69, 9.17) is 45.3 Å². The predicted molar refractivity (Wildman–Crippen MR) is 522 cm³/mol. The molecule has 0 aliphatic carbocycles. The van der Waals surface area contributed by atoms with E-state index >= 15 is 0 Å². The Kier molecular flexibility index (Phi) is 27.6. The number of aromatic nitrogens is 4. The normalized spacial score (nSPS) is 13.8. The van der Waals surface area contributed by atoms with E-state index in [9.17, 15) is 0 Å². The molecule has 0 N–H and O–H groups in total. The second kappa shape index (κ2) is 36.2. The highest BCUT2D eigenvalue weighted by Gasteiger charge is 2.52. The van der Waals surface area contributed by atoms with E-state index in [1.807, 2.05) is 42.6 Å². The molecular weight excluding hydrogens is 1510 g/mol. The quantitative estimate of drug-likeness (QED) is 0.0698. The summed E-state index contributed by atoms with van der Waals surface area (Å²) in [5, 5.41) is 0.548. The van der Waals surface area contributed by atoms with Gasteiger partial charge in [-0.1, -0.05) is 319 Å². The molecule has 0 spiro atoms. The van der Waals surface area contributed by atoms with Gasteiger partial charge in [0.15, 0.2) is 0 Å². The number of ether oxygens (including phenoxy) is 2. The number of hydrogen-bond acceptors (Lipinski definition) is 8. The van der Waals surface area contributed by atoms with Crippen molar-refractivity contribution in [2.75, 3.05) is 14.2 Å². The zero-order valence-corrected chi connectivity index (χ0v) is 80.2. The van der Waals surface area contributed by atoms with E-state index in [1.54, 1.807) is 20.4 Å². The molecule has 1 saturated heterocycles. The highest BCUT2D eigenvalue weighted by atomic mass is 35.5. The van der Waals surface area contributed by atoms with Crippen molar-refractivity contribution in [3.8, 4) is 112 Å². The van der Waals surface area contributed by atoms with E-state index in [0.717, 1.165) is 89.9 Å². The minimum Gasteiger partial charge on any atom is -0.496 e. The van der Waals surface area contributed by atoms with Crippen LogP contribution in [-0.4, -0.2) is 52.5 Å². The summed E-state index contributed by atoms with van der Waals surface area (Å²) in [4.78, 5) is 19.6. The standard InChI is InChI=1S/C53H62N2O.C38H46BNO3.C21H28ClN/c1-33(2)44-31-42(53(11,12)13)32-45(34(3)4)50(44)37-22-23-54-46(27-37)35-18-17-19-36(24-35)47-28-39(29-48(55-47)43-20-15-16-21-49(43)56-14)38-25-40(51(5,6)7)30-41(26-38)52(8,9)10;1-35(2,3)28-19-26(20-29(24-28)36(4,5)6)27-22-32(40-33(23-27)31-17-12-13-18-34(31)41-11)25-15-14-16-30(21-25)39-42-37(7,8)38(9,10)43-39;1-13(2)17-11-16(21(5,6)7)12-18(14(3)4)20(17)15-8-9-23-19(22)10-15/h15-34H,1-14H3;12-24H,1-11H3;8-14H,1-7H3. The zero-order valence-electron chi connectivity index (χ0n) is 79.5. The van der Waals surface area contributed by atoms with Crippen molar-refractivity contribution >= 4 is 24.2 Å². The van der Waals surface area contributed by atoms with Gasteiger partial charge in [-0.05, 0) is 274 Å². The molecule has 0 amide bonds. The summed E-state index contributed by atoms with van der Waals surface area (Å²) in [5.74, 6) is 3.26. The van der Waals surface area contributed by atoms with Crippen LogP contribution >= 0.6 is 11.6 Å². The van der Waals surface area contributed by atoms with Crippen molar-refractivity contribution in [2.45, 2.75) is 275 Å². The molecule has 13 rings (SSSR count). The third kappa shape index (κ3) is 21.5.